The largest absolute Gasteiger partial charge is 0.143 e. The SMILES string of the molecule is Clc1sc(C(Cl)c2cc3c(s2)CCCC3)cc1Br. The Morgan fingerprint density at radius 3 is 2.50 bits per heavy atom. The van der Waals surface area contributed by atoms with Gasteiger partial charge < -0.3 is 0 Å². The van der Waals surface area contributed by atoms with E-state index in [9.17, 15) is 0 Å². The van der Waals surface area contributed by atoms with E-state index in [0.717, 1.165) is 13.7 Å². The number of aryl methyl sites for hydroxylation is 2. The van der Waals surface area contributed by atoms with Crippen molar-refractivity contribution >= 4 is 61.8 Å². The molecule has 0 spiro atoms. The van der Waals surface area contributed by atoms with Gasteiger partial charge in [0.25, 0.3) is 0 Å². The van der Waals surface area contributed by atoms with E-state index in [1.165, 1.54) is 41.0 Å². The molecule has 3 rings (SSSR count). The molecule has 0 nitrogen and oxygen atoms in total. The molecule has 0 aliphatic heterocycles. The van der Waals surface area contributed by atoms with Crippen molar-refractivity contribution in [3.05, 3.63) is 41.1 Å². The fraction of sp³-hybridized carbons (Fsp3) is 0.385. The molecule has 18 heavy (non-hydrogen) atoms. The minimum atomic E-state index is -0.0607. The lowest BCUT2D eigenvalue weighted by molar-refractivity contribution is 0.697. The lowest BCUT2D eigenvalue weighted by Crippen LogP contribution is -1.96. The van der Waals surface area contributed by atoms with Crippen LogP contribution in [0.15, 0.2) is 16.6 Å². The van der Waals surface area contributed by atoms with Crippen molar-refractivity contribution in [2.24, 2.45) is 0 Å². The summed E-state index contributed by atoms with van der Waals surface area (Å²) in [5.74, 6) is 0. The first kappa shape index (κ1) is 13.4. The van der Waals surface area contributed by atoms with Gasteiger partial charge in [-0.2, -0.15) is 0 Å². The molecule has 2 aromatic heterocycles. The zero-order valence-corrected chi connectivity index (χ0v) is 14.2. The van der Waals surface area contributed by atoms with Gasteiger partial charge in [0.15, 0.2) is 0 Å². The Balaban J connectivity index is 1.92. The number of halogens is 3. The van der Waals surface area contributed by atoms with Gasteiger partial charge in [-0.25, -0.2) is 0 Å². The fourth-order valence-electron chi connectivity index (χ4n) is 2.27. The van der Waals surface area contributed by atoms with E-state index in [0.29, 0.717) is 0 Å². The lowest BCUT2D eigenvalue weighted by atomic mass is 9.99. The van der Waals surface area contributed by atoms with Crippen molar-refractivity contribution in [2.75, 3.05) is 0 Å². The third-order valence-corrected chi connectivity index (χ3v) is 7.75. The van der Waals surface area contributed by atoms with Gasteiger partial charge in [0.05, 0.1) is 0 Å². The van der Waals surface area contributed by atoms with Crippen molar-refractivity contribution in [1.29, 1.82) is 0 Å². The molecule has 0 fully saturated rings. The van der Waals surface area contributed by atoms with Crippen molar-refractivity contribution in [3.63, 3.8) is 0 Å². The topological polar surface area (TPSA) is 0 Å². The number of rotatable bonds is 2. The van der Waals surface area contributed by atoms with E-state index in [1.807, 2.05) is 17.4 Å². The summed E-state index contributed by atoms with van der Waals surface area (Å²) in [6.07, 6.45) is 5.06. The van der Waals surface area contributed by atoms with Crippen molar-refractivity contribution < 1.29 is 0 Å². The van der Waals surface area contributed by atoms with Crippen LogP contribution in [0.4, 0.5) is 0 Å². The molecule has 0 radical (unpaired) electrons. The smallest absolute Gasteiger partial charge is 0.107 e. The molecule has 1 aliphatic carbocycles. The summed E-state index contributed by atoms with van der Waals surface area (Å²) in [6, 6.07) is 4.32. The van der Waals surface area contributed by atoms with Crippen LogP contribution in [0.5, 0.6) is 0 Å². The summed E-state index contributed by atoms with van der Waals surface area (Å²) in [6.45, 7) is 0. The second-order valence-electron chi connectivity index (χ2n) is 4.44. The molecule has 0 amide bonds. The Hall–Kier alpha value is 0.460. The normalized spacial score (nSPS) is 16.6. The summed E-state index contributed by atoms with van der Waals surface area (Å²) in [4.78, 5) is 3.91. The third kappa shape index (κ3) is 2.53. The highest BCUT2D eigenvalue weighted by atomic mass is 79.9. The monoisotopic (exact) mass is 380 g/mol. The molecule has 2 aromatic rings. The van der Waals surface area contributed by atoms with Crippen molar-refractivity contribution in [2.45, 2.75) is 31.1 Å². The second-order valence-corrected chi connectivity index (χ2v) is 8.58. The van der Waals surface area contributed by atoms with Crippen LogP contribution in [0.25, 0.3) is 0 Å². The highest BCUT2D eigenvalue weighted by Crippen LogP contribution is 2.43. The predicted molar refractivity (Wildman–Crippen MR) is 85.7 cm³/mol. The molecule has 0 saturated carbocycles. The van der Waals surface area contributed by atoms with Gasteiger partial charge in [0, 0.05) is 19.1 Å². The third-order valence-electron chi connectivity index (χ3n) is 3.18. The molecule has 0 aromatic carbocycles. The minimum Gasteiger partial charge on any atom is -0.143 e. The second kappa shape index (κ2) is 5.45. The number of hydrogen-bond donors (Lipinski definition) is 0. The van der Waals surface area contributed by atoms with E-state index in [4.69, 9.17) is 23.2 Å². The molecular formula is C13H11BrCl2S2. The standard InChI is InChI=1S/C13H11BrCl2S2/c14-8-6-11(18-13(8)16)12(15)10-5-7-3-1-2-4-9(7)17-10/h5-6,12H,1-4H2. The van der Waals surface area contributed by atoms with E-state index >= 15 is 0 Å². The van der Waals surface area contributed by atoms with Crippen LogP contribution in [0.3, 0.4) is 0 Å². The maximum Gasteiger partial charge on any atom is 0.107 e. The van der Waals surface area contributed by atoms with Gasteiger partial charge >= 0.3 is 0 Å². The maximum atomic E-state index is 6.58. The molecule has 1 atom stereocenters. The van der Waals surface area contributed by atoms with E-state index < -0.39 is 0 Å². The minimum absolute atomic E-state index is 0.0607. The molecular weight excluding hydrogens is 371 g/mol. The first-order valence-electron chi connectivity index (χ1n) is 5.85. The average Bonchev–Trinajstić information content (AvgIpc) is 2.93. The van der Waals surface area contributed by atoms with Gasteiger partial charge in [-0.15, -0.1) is 34.3 Å². The number of hydrogen-bond acceptors (Lipinski definition) is 2. The average molecular weight is 382 g/mol. The molecule has 2 heterocycles. The van der Waals surface area contributed by atoms with E-state index in [1.54, 1.807) is 11.3 Å². The van der Waals surface area contributed by atoms with Crippen LogP contribution in [-0.4, -0.2) is 0 Å². The Labute approximate surface area is 133 Å². The van der Waals surface area contributed by atoms with Crippen LogP contribution in [-0.2, 0) is 12.8 Å². The zero-order valence-electron chi connectivity index (χ0n) is 9.51. The van der Waals surface area contributed by atoms with Crippen molar-refractivity contribution in [1.82, 2.24) is 0 Å². The number of thiophene rings is 2. The summed E-state index contributed by atoms with van der Waals surface area (Å²) in [5, 5.41) is -0.0607. The molecule has 1 aliphatic rings. The van der Waals surface area contributed by atoms with E-state index in [-0.39, 0.29) is 5.38 Å². The van der Waals surface area contributed by atoms with Gasteiger partial charge in [-0.05, 0) is 59.3 Å². The van der Waals surface area contributed by atoms with Crippen LogP contribution >= 0.6 is 61.8 Å². The van der Waals surface area contributed by atoms with Crippen LogP contribution < -0.4 is 0 Å². The molecule has 0 saturated heterocycles. The Bertz CT molecular complexity index is 531. The first-order chi connectivity index (χ1) is 8.65. The van der Waals surface area contributed by atoms with E-state index in [2.05, 4.69) is 22.0 Å². The lowest BCUT2D eigenvalue weighted by Gasteiger charge is -2.08. The van der Waals surface area contributed by atoms with Gasteiger partial charge in [0.2, 0.25) is 0 Å². The zero-order chi connectivity index (χ0) is 12.7. The number of fused-ring (bicyclic) bond motifs is 1. The molecule has 1 unspecified atom stereocenters. The highest BCUT2D eigenvalue weighted by molar-refractivity contribution is 9.10. The quantitative estimate of drug-likeness (QED) is 0.525. The first-order valence-corrected chi connectivity index (χ1v) is 9.09. The summed E-state index contributed by atoms with van der Waals surface area (Å²) < 4.78 is 1.72. The Morgan fingerprint density at radius 2 is 1.83 bits per heavy atom. The maximum absolute atomic E-state index is 6.58. The Kier molecular flexibility index (Phi) is 4.07. The van der Waals surface area contributed by atoms with Crippen molar-refractivity contribution in [3.8, 4) is 0 Å². The Morgan fingerprint density at radius 1 is 1.11 bits per heavy atom. The fourth-order valence-corrected chi connectivity index (χ4v) is 5.72. The number of alkyl halides is 1. The summed E-state index contributed by atoms with van der Waals surface area (Å²) >= 11 is 19.5. The molecule has 0 N–H and O–H groups in total. The predicted octanol–water partition coefficient (Wildman–Crippen LogP) is 6.43. The molecule has 5 heteroatoms. The van der Waals surface area contributed by atoms with Gasteiger partial charge in [-0.3, -0.25) is 0 Å². The molecule has 0 bridgehead atoms. The van der Waals surface area contributed by atoms with Gasteiger partial charge in [-0.1, -0.05) is 11.6 Å². The van der Waals surface area contributed by atoms with Gasteiger partial charge in [0.1, 0.15) is 9.71 Å². The van der Waals surface area contributed by atoms with Crippen LogP contribution in [0.1, 0.15) is 38.4 Å². The highest BCUT2D eigenvalue weighted by Gasteiger charge is 2.21. The molecule has 96 valence electrons. The summed E-state index contributed by atoms with van der Waals surface area (Å²) in [5.41, 5.74) is 1.51. The summed E-state index contributed by atoms with van der Waals surface area (Å²) in [7, 11) is 0. The van der Waals surface area contributed by atoms with Crippen LogP contribution in [0.2, 0.25) is 4.34 Å². The van der Waals surface area contributed by atoms with Crippen LogP contribution in [0, 0.1) is 0 Å².